The first-order valence-corrected chi connectivity index (χ1v) is 4.11. The van der Waals surface area contributed by atoms with Gasteiger partial charge in [-0.05, 0) is 13.0 Å². The fourth-order valence-corrected chi connectivity index (χ4v) is 1.34. The van der Waals surface area contributed by atoms with Gasteiger partial charge in [-0.2, -0.15) is 0 Å². The summed E-state index contributed by atoms with van der Waals surface area (Å²) in [6.07, 6.45) is 2.33. The zero-order chi connectivity index (χ0) is 8.32. The van der Waals surface area contributed by atoms with Gasteiger partial charge in [-0.15, -0.1) is 0 Å². The van der Waals surface area contributed by atoms with Gasteiger partial charge in [0.25, 0.3) is 5.95 Å². The molecule has 0 atom stereocenters. The van der Waals surface area contributed by atoms with Crippen molar-refractivity contribution < 1.29 is 9.47 Å². The molecule has 0 aromatic rings. The Balaban J connectivity index is 2.41. The smallest absolute Gasteiger partial charge is 0.271 e. The molecule has 1 aliphatic rings. The van der Waals surface area contributed by atoms with Gasteiger partial charge in [-0.25, -0.2) is 0 Å². The van der Waals surface area contributed by atoms with Crippen molar-refractivity contribution in [1.82, 2.24) is 0 Å². The van der Waals surface area contributed by atoms with E-state index in [9.17, 15) is 0 Å². The summed E-state index contributed by atoms with van der Waals surface area (Å²) in [5, 5.41) is 0. The maximum absolute atomic E-state index is 5.23. The largest absolute Gasteiger partial charge is 0.465 e. The molecule has 1 aliphatic heterocycles. The lowest BCUT2D eigenvalue weighted by atomic mass is 9.87. The first-order valence-electron chi connectivity index (χ1n) is 4.11. The molecule has 2 nitrogen and oxygen atoms in total. The van der Waals surface area contributed by atoms with E-state index >= 15 is 0 Å². The fraction of sp³-hybridized carbons (Fsp3) is 0.778. The molecule has 0 spiro atoms. The SMILES string of the molecule is C=C1OCC(C)(CCC)CO1. The summed E-state index contributed by atoms with van der Waals surface area (Å²) in [7, 11) is 0. The Morgan fingerprint density at radius 2 is 2.00 bits per heavy atom. The van der Waals surface area contributed by atoms with Crippen LogP contribution in [0.4, 0.5) is 0 Å². The summed E-state index contributed by atoms with van der Waals surface area (Å²) in [6.45, 7) is 9.45. The Hall–Kier alpha value is -0.660. The van der Waals surface area contributed by atoms with Crippen molar-refractivity contribution in [2.24, 2.45) is 5.41 Å². The molecule has 1 rings (SSSR count). The maximum Gasteiger partial charge on any atom is 0.271 e. The first-order chi connectivity index (χ1) is 5.16. The monoisotopic (exact) mass is 156 g/mol. The van der Waals surface area contributed by atoms with Crippen LogP contribution in [0.2, 0.25) is 0 Å². The van der Waals surface area contributed by atoms with Gasteiger partial charge < -0.3 is 9.47 Å². The predicted octanol–water partition coefficient (Wildman–Crippen LogP) is 2.31. The van der Waals surface area contributed by atoms with Crippen molar-refractivity contribution in [3.05, 3.63) is 12.5 Å². The molecule has 1 heterocycles. The van der Waals surface area contributed by atoms with Crippen LogP contribution in [-0.4, -0.2) is 13.2 Å². The van der Waals surface area contributed by atoms with E-state index in [-0.39, 0.29) is 5.41 Å². The van der Waals surface area contributed by atoms with Crippen LogP contribution in [0.25, 0.3) is 0 Å². The standard InChI is InChI=1S/C9H16O2/c1-4-5-9(3)6-10-8(2)11-7-9/h2,4-7H2,1,3H3. The molecule has 0 saturated carbocycles. The summed E-state index contributed by atoms with van der Waals surface area (Å²) in [4.78, 5) is 0. The molecule has 0 aromatic heterocycles. The van der Waals surface area contributed by atoms with E-state index in [2.05, 4.69) is 20.4 Å². The Labute approximate surface area is 68.2 Å². The van der Waals surface area contributed by atoms with Crippen LogP contribution in [0.5, 0.6) is 0 Å². The molecule has 64 valence electrons. The normalized spacial score (nSPS) is 22.2. The maximum atomic E-state index is 5.23. The summed E-state index contributed by atoms with van der Waals surface area (Å²) in [5.74, 6) is 0.471. The van der Waals surface area contributed by atoms with Crippen LogP contribution in [0.3, 0.4) is 0 Å². The van der Waals surface area contributed by atoms with Gasteiger partial charge in [-0.3, -0.25) is 0 Å². The molecule has 0 unspecified atom stereocenters. The Morgan fingerprint density at radius 3 is 2.45 bits per heavy atom. The molecule has 1 fully saturated rings. The predicted molar refractivity (Wildman–Crippen MR) is 44.1 cm³/mol. The van der Waals surface area contributed by atoms with Crippen LogP contribution in [0, 0.1) is 5.41 Å². The number of hydrogen-bond acceptors (Lipinski definition) is 2. The average molecular weight is 156 g/mol. The Kier molecular flexibility index (Phi) is 2.42. The lowest BCUT2D eigenvalue weighted by Crippen LogP contribution is -2.33. The van der Waals surface area contributed by atoms with Crippen LogP contribution < -0.4 is 0 Å². The van der Waals surface area contributed by atoms with E-state index in [1.165, 1.54) is 6.42 Å². The van der Waals surface area contributed by atoms with Crippen molar-refractivity contribution >= 4 is 0 Å². The van der Waals surface area contributed by atoms with Crippen molar-refractivity contribution in [1.29, 1.82) is 0 Å². The molecule has 0 aromatic carbocycles. The highest BCUT2D eigenvalue weighted by molar-refractivity contribution is 4.83. The summed E-state index contributed by atoms with van der Waals surface area (Å²) < 4.78 is 10.5. The summed E-state index contributed by atoms with van der Waals surface area (Å²) in [6, 6.07) is 0. The highest BCUT2D eigenvalue weighted by Gasteiger charge is 2.29. The van der Waals surface area contributed by atoms with Crippen LogP contribution in [-0.2, 0) is 9.47 Å². The molecule has 11 heavy (non-hydrogen) atoms. The van der Waals surface area contributed by atoms with Gasteiger partial charge in [0, 0.05) is 5.41 Å². The van der Waals surface area contributed by atoms with E-state index in [0.717, 1.165) is 19.6 Å². The molecular weight excluding hydrogens is 140 g/mol. The highest BCUT2D eigenvalue weighted by atomic mass is 16.7. The van der Waals surface area contributed by atoms with Crippen LogP contribution >= 0.6 is 0 Å². The fourth-order valence-electron chi connectivity index (χ4n) is 1.34. The Morgan fingerprint density at radius 1 is 1.45 bits per heavy atom. The zero-order valence-electron chi connectivity index (χ0n) is 7.35. The van der Waals surface area contributed by atoms with E-state index < -0.39 is 0 Å². The third kappa shape index (κ3) is 2.14. The second-order valence-corrected chi connectivity index (χ2v) is 3.51. The van der Waals surface area contributed by atoms with Gasteiger partial charge in [0.05, 0.1) is 0 Å². The molecule has 0 radical (unpaired) electrons. The third-order valence-electron chi connectivity index (χ3n) is 2.02. The van der Waals surface area contributed by atoms with Gasteiger partial charge in [-0.1, -0.05) is 20.3 Å². The van der Waals surface area contributed by atoms with Crippen LogP contribution in [0.1, 0.15) is 26.7 Å². The zero-order valence-corrected chi connectivity index (χ0v) is 7.35. The molecular formula is C9H16O2. The van der Waals surface area contributed by atoms with Crippen LogP contribution in [0.15, 0.2) is 12.5 Å². The lowest BCUT2D eigenvalue weighted by Gasteiger charge is -2.33. The third-order valence-corrected chi connectivity index (χ3v) is 2.02. The van der Waals surface area contributed by atoms with Gasteiger partial charge in [0.2, 0.25) is 0 Å². The minimum absolute atomic E-state index is 0.204. The first kappa shape index (κ1) is 8.44. The molecule has 0 N–H and O–H groups in total. The van der Waals surface area contributed by atoms with E-state index in [4.69, 9.17) is 9.47 Å². The summed E-state index contributed by atoms with van der Waals surface area (Å²) in [5.41, 5.74) is 0.204. The lowest BCUT2D eigenvalue weighted by molar-refractivity contribution is -0.0942. The molecule has 2 heteroatoms. The quantitative estimate of drug-likeness (QED) is 0.610. The minimum Gasteiger partial charge on any atom is -0.465 e. The minimum atomic E-state index is 0.204. The second kappa shape index (κ2) is 3.16. The molecule has 0 amide bonds. The van der Waals surface area contributed by atoms with E-state index in [1.807, 2.05) is 0 Å². The number of hydrogen-bond donors (Lipinski definition) is 0. The Bertz CT molecular complexity index is 142. The molecule has 0 aliphatic carbocycles. The number of rotatable bonds is 2. The highest BCUT2D eigenvalue weighted by Crippen LogP contribution is 2.29. The van der Waals surface area contributed by atoms with Crippen molar-refractivity contribution in [3.8, 4) is 0 Å². The molecule has 0 bridgehead atoms. The van der Waals surface area contributed by atoms with Gasteiger partial charge in [0.1, 0.15) is 13.2 Å². The average Bonchev–Trinajstić information content (AvgIpc) is 1.97. The van der Waals surface area contributed by atoms with Crippen molar-refractivity contribution in [3.63, 3.8) is 0 Å². The molecule has 1 saturated heterocycles. The van der Waals surface area contributed by atoms with Gasteiger partial charge in [0.15, 0.2) is 0 Å². The van der Waals surface area contributed by atoms with E-state index in [0.29, 0.717) is 5.95 Å². The topological polar surface area (TPSA) is 18.5 Å². The van der Waals surface area contributed by atoms with Crippen molar-refractivity contribution in [2.45, 2.75) is 26.7 Å². The van der Waals surface area contributed by atoms with Gasteiger partial charge >= 0.3 is 0 Å². The van der Waals surface area contributed by atoms with Crippen molar-refractivity contribution in [2.75, 3.05) is 13.2 Å². The second-order valence-electron chi connectivity index (χ2n) is 3.51. The number of ether oxygens (including phenoxy) is 2. The van der Waals surface area contributed by atoms with E-state index in [1.54, 1.807) is 0 Å². The summed E-state index contributed by atoms with van der Waals surface area (Å²) >= 11 is 0.